The van der Waals surface area contributed by atoms with Crippen LogP contribution in [0.2, 0.25) is 0 Å². The topological polar surface area (TPSA) is 69.7 Å². The number of aryl methyl sites for hydroxylation is 1. The number of hydrogen-bond donors (Lipinski definition) is 0. The van der Waals surface area contributed by atoms with Gasteiger partial charge in [-0.1, -0.05) is 18.2 Å². The quantitative estimate of drug-likeness (QED) is 0.597. The van der Waals surface area contributed by atoms with E-state index in [4.69, 9.17) is 9.47 Å². The van der Waals surface area contributed by atoms with Crippen molar-refractivity contribution in [3.63, 3.8) is 0 Å². The number of carbonyl (C=O) groups excluding carboxylic acids is 3. The molecule has 0 spiro atoms. The summed E-state index contributed by atoms with van der Waals surface area (Å²) in [5.41, 5.74) is 1.02. The lowest BCUT2D eigenvalue weighted by molar-refractivity contribution is -0.157. The van der Waals surface area contributed by atoms with Crippen molar-refractivity contribution in [3.05, 3.63) is 35.4 Å². The minimum atomic E-state index is -1.51. The second-order valence-electron chi connectivity index (χ2n) is 3.96. The first-order valence-electron chi connectivity index (χ1n) is 5.91. The van der Waals surface area contributed by atoms with Crippen LogP contribution >= 0.6 is 0 Å². The van der Waals surface area contributed by atoms with Crippen LogP contribution in [0.15, 0.2) is 24.3 Å². The van der Waals surface area contributed by atoms with Crippen LogP contribution in [-0.2, 0) is 19.1 Å². The van der Waals surface area contributed by atoms with Gasteiger partial charge in [-0.15, -0.1) is 0 Å². The van der Waals surface area contributed by atoms with Crippen LogP contribution < -0.4 is 0 Å². The Morgan fingerprint density at radius 2 is 1.84 bits per heavy atom. The summed E-state index contributed by atoms with van der Waals surface area (Å²) >= 11 is 0. The van der Waals surface area contributed by atoms with E-state index >= 15 is 0 Å². The van der Waals surface area contributed by atoms with E-state index in [1.165, 1.54) is 6.92 Å². The number of ketones is 1. The van der Waals surface area contributed by atoms with Crippen LogP contribution in [0.4, 0.5) is 0 Å². The van der Waals surface area contributed by atoms with Crippen molar-refractivity contribution >= 4 is 17.7 Å². The molecule has 0 aromatic heterocycles. The Bertz CT molecular complexity index is 492. The molecule has 1 aromatic rings. The Morgan fingerprint density at radius 3 is 2.37 bits per heavy atom. The minimum Gasteiger partial charge on any atom is -0.463 e. The van der Waals surface area contributed by atoms with Gasteiger partial charge < -0.3 is 9.47 Å². The molecule has 1 atom stereocenters. The molecule has 0 aliphatic rings. The van der Waals surface area contributed by atoms with Gasteiger partial charge in [0.1, 0.15) is 0 Å². The number of carbonyl (C=O) groups is 3. The van der Waals surface area contributed by atoms with Gasteiger partial charge in [-0.05, 0) is 32.4 Å². The number of rotatable bonds is 5. The lowest BCUT2D eigenvalue weighted by Crippen LogP contribution is -2.35. The molecule has 0 amide bonds. The number of esters is 2. The van der Waals surface area contributed by atoms with Gasteiger partial charge in [0.15, 0.2) is 5.78 Å². The van der Waals surface area contributed by atoms with Crippen molar-refractivity contribution < 1.29 is 23.9 Å². The molecule has 19 heavy (non-hydrogen) atoms. The maximum atomic E-state index is 11.9. The van der Waals surface area contributed by atoms with Gasteiger partial charge in [-0.2, -0.15) is 0 Å². The number of benzene rings is 1. The molecule has 0 N–H and O–H groups in total. The minimum absolute atomic E-state index is 0.116. The second kappa shape index (κ2) is 6.68. The van der Waals surface area contributed by atoms with Crippen molar-refractivity contribution in [2.45, 2.75) is 26.9 Å². The highest BCUT2D eigenvalue weighted by Gasteiger charge is 2.29. The fourth-order valence-electron chi connectivity index (χ4n) is 1.49. The van der Waals surface area contributed by atoms with Gasteiger partial charge in [-0.25, -0.2) is 9.59 Å². The largest absolute Gasteiger partial charge is 0.463 e. The molecule has 5 nitrogen and oxygen atoms in total. The normalized spacial score (nSPS) is 11.5. The van der Waals surface area contributed by atoms with Crippen LogP contribution in [0.5, 0.6) is 0 Å². The highest BCUT2D eigenvalue weighted by molar-refractivity contribution is 6.04. The summed E-state index contributed by atoms with van der Waals surface area (Å²) in [6, 6.07) is 6.76. The molecule has 0 aliphatic heterocycles. The molecule has 0 radical (unpaired) electrons. The van der Waals surface area contributed by atoms with Gasteiger partial charge >= 0.3 is 11.9 Å². The van der Waals surface area contributed by atoms with Crippen molar-refractivity contribution in [1.82, 2.24) is 0 Å². The highest BCUT2D eigenvalue weighted by atomic mass is 16.6. The van der Waals surface area contributed by atoms with Crippen LogP contribution in [0.25, 0.3) is 0 Å². The summed E-state index contributed by atoms with van der Waals surface area (Å²) in [5.74, 6) is -2.14. The maximum Gasteiger partial charge on any atom is 0.355 e. The van der Waals surface area contributed by atoms with Crippen molar-refractivity contribution in [2.75, 3.05) is 6.61 Å². The third-order valence-electron chi connectivity index (χ3n) is 2.46. The van der Waals surface area contributed by atoms with Crippen molar-refractivity contribution in [1.29, 1.82) is 0 Å². The van der Waals surface area contributed by atoms with Gasteiger partial charge in [0.2, 0.25) is 0 Å². The van der Waals surface area contributed by atoms with E-state index in [0.717, 1.165) is 0 Å². The molecule has 0 aliphatic carbocycles. The first-order chi connectivity index (χ1) is 8.97. The van der Waals surface area contributed by atoms with Crippen molar-refractivity contribution in [2.24, 2.45) is 0 Å². The van der Waals surface area contributed by atoms with Gasteiger partial charge in [0, 0.05) is 0 Å². The predicted octanol–water partition coefficient (Wildman–Crippen LogP) is 1.67. The fraction of sp³-hybridized carbons (Fsp3) is 0.357. The van der Waals surface area contributed by atoms with E-state index in [0.29, 0.717) is 11.1 Å². The Kier molecular flexibility index (Phi) is 5.23. The molecule has 0 saturated carbocycles. The van der Waals surface area contributed by atoms with E-state index in [1.807, 2.05) is 0 Å². The number of Topliss-reactive ketones (excluding diaryl/α,β-unsaturated/α-hetero) is 1. The van der Waals surface area contributed by atoms with Crippen LogP contribution in [0.3, 0.4) is 0 Å². The van der Waals surface area contributed by atoms with E-state index < -0.39 is 23.8 Å². The average molecular weight is 264 g/mol. The predicted molar refractivity (Wildman–Crippen MR) is 67.7 cm³/mol. The van der Waals surface area contributed by atoms with E-state index in [-0.39, 0.29) is 6.61 Å². The standard InChI is InChI=1S/C14H16O5/c1-4-18-14(17)12(10(3)15)19-13(16)11-8-6-5-7-9(11)2/h5-8,12H,4H2,1-3H3. The summed E-state index contributed by atoms with van der Waals surface area (Å²) in [5, 5.41) is 0. The monoisotopic (exact) mass is 264 g/mol. The second-order valence-corrected chi connectivity index (χ2v) is 3.96. The number of ether oxygens (including phenoxy) is 2. The third kappa shape index (κ3) is 3.91. The summed E-state index contributed by atoms with van der Waals surface area (Å²) in [4.78, 5) is 34.8. The Morgan fingerprint density at radius 1 is 1.21 bits per heavy atom. The zero-order chi connectivity index (χ0) is 14.4. The van der Waals surface area contributed by atoms with Gasteiger partial charge in [0.05, 0.1) is 12.2 Å². The van der Waals surface area contributed by atoms with E-state index in [2.05, 4.69) is 0 Å². The first kappa shape index (κ1) is 14.9. The number of hydrogen-bond acceptors (Lipinski definition) is 5. The molecule has 0 saturated heterocycles. The van der Waals surface area contributed by atoms with Crippen LogP contribution in [-0.4, -0.2) is 30.4 Å². The summed E-state index contributed by atoms with van der Waals surface area (Å²) in [6.07, 6.45) is -1.51. The molecule has 0 bridgehead atoms. The Labute approximate surface area is 111 Å². The maximum absolute atomic E-state index is 11.9. The molecule has 5 heteroatoms. The van der Waals surface area contributed by atoms with E-state index in [9.17, 15) is 14.4 Å². The Hall–Kier alpha value is -2.17. The lowest BCUT2D eigenvalue weighted by atomic mass is 10.1. The van der Waals surface area contributed by atoms with Crippen molar-refractivity contribution in [3.8, 4) is 0 Å². The molecule has 1 unspecified atom stereocenters. The molecular weight excluding hydrogens is 248 g/mol. The Balaban J connectivity index is 2.86. The van der Waals surface area contributed by atoms with E-state index in [1.54, 1.807) is 38.1 Å². The molecule has 0 fully saturated rings. The van der Waals surface area contributed by atoms with Crippen LogP contribution in [0, 0.1) is 6.92 Å². The average Bonchev–Trinajstić information content (AvgIpc) is 2.36. The molecule has 1 rings (SSSR count). The fourth-order valence-corrected chi connectivity index (χ4v) is 1.49. The first-order valence-corrected chi connectivity index (χ1v) is 5.91. The highest BCUT2D eigenvalue weighted by Crippen LogP contribution is 2.11. The SMILES string of the molecule is CCOC(=O)C(OC(=O)c1ccccc1C)C(C)=O. The molecule has 102 valence electrons. The lowest BCUT2D eigenvalue weighted by Gasteiger charge is -2.14. The smallest absolute Gasteiger partial charge is 0.355 e. The van der Waals surface area contributed by atoms with Crippen LogP contribution in [0.1, 0.15) is 29.8 Å². The summed E-state index contributed by atoms with van der Waals surface area (Å²) in [7, 11) is 0. The van der Waals surface area contributed by atoms with Gasteiger partial charge in [-0.3, -0.25) is 4.79 Å². The summed E-state index contributed by atoms with van der Waals surface area (Å²) < 4.78 is 9.63. The molecule has 0 heterocycles. The summed E-state index contributed by atoms with van der Waals surface area (Å²) in [6.45, 7) is 4.64. The molecular formula is C14H16O5. The van der Waals surface area contributed by atoms with Gasteiger partial charge in [0.25, 0.3) is 6.10 Å². The molecule has 1 aromatic carbocycles. The zero-order valence-corrected chi connectivity index (χ0v) is 11.1. The third-order valence-corrected chi connectivity index (χ3v) is 2.46. The zero-order valence-electron chi connectivity index (χ0n) is 11.1.